The van der Waals surface area contributed by atoms with Crippen LogP contribution in [0.3, 0.4) is 0 Å². The van der Waals surface area contributed by atoms with Gasteiger partial charge in [-0.15, -0.1) is 0 Å². The van der Waals surface area contributed by atoms with Crippen molar-refractivity contribution in [3.8, 4) is 0 Å². The van der Waals surface area contributed by atoms with Gasteiger partial charge in [0.1, 0.15) is 0 Å². The first-order valence-electron chi connectivity index (χ1n) is 6.03. The predicted octanol–water partition coefficient (Wildman–Crippen LogP) is 1.76. The van der Waals surface area contributed by atoms with Gasteiger partial charge in [0.2, 0.25) is 0 Å². The average Bonchev–Trinajstić information content (AvgIpc) is 2.45. The lowest BCUT2D eigenvalue weighted by Gasteiger charge is -2.09. The number of carbonyl (C=O) groups is 1. The number of hydrogen-bond donors (Lipinski definition) is 2. The van der Waals surface area contributed by atoms with E-state index in [2.05, 4.69) is 20.6 Å². The molecule has 2 heterocycles. The molecule has 19 heavy (non-hydrogen) atoms. The van der Waals surface area contributed by atoms with Crippen LogP contribution in [-0.2, 0) is 6.54 Å². The zero-order valence-electron chi connectivity index (χ0n) is 11.0. The molecule has 98 valence electrons. The first-order chi connectivity index (χ1) is 9.20. The molecule has 0 bridgehead atoms. The quantitative estimate of drug-likeness (QED) is 0.874. The molecular formula is C14H16N4O. The lowest BCUT2D eigenvalue weighted by molar-refractivity contribution is 0.0951. The molecule has 5 nitrogen and oxygen atoms in total. The first kappa shape index (κ1) is 13.0. The fourth-order valence-corrected chi connectivity index (χ4v) is 1.72. The number of aryl methyl sites for hydroxylation is 1. The smallest absolute Gasteiger partial charge is 0.255 e. The third kappa shape index (κ3) is 3.28. The van der Waals surface area contributed by atoms with Gasteiger partial charge in [-0.05, 0) is 25.1 Å². The fourth-order valence-electron chi connectivity index (χ4n) is 1.72. The normalized spacial score (nSPS) is 10.0. The summed E-state index contributed by atoms with van der Waals surface area (Å²) in [5.41, 5.74) is 2.99. The molecule has 0 spiro atoms. The Kier molecular flexibility index (Phi) is 4.07. The molecule has 1 amide bonds. The van der Waals surface area contributed by atoms with Gasteiger partial charge in [-0.25, -0.2) is 0 Å². The lowest BCUT2D eigenvalue weighted by atomic mass is 10.2. The highest BCUT2D eigenvalue weighted by Crippen LogP contribution is 2.14. The minimum Gasteiger partial charge on any atom is -0.387 e. The summed E-state index contributed by atoms with van der Waals surface area (Å²) >= 11 is 0. The van der Waals surface area contributed by atoms with Crippen molar-refractivity contribution in [2.75, 3.05) is 12.4 Å². The topological polar surface area (TPSA) is 66.9 Å². The highest BCUT2D eigenvalue weighted by Gasteiger charge is 2.11. The number of amides is 1. The van der Waals surface area contributed by atoms with Crippen LogP contribution in [-0.4, -0.2) is 22.9 Å². The van der Waals surface area contributed by atoms with Crippen LogP contribution in [0.2, 0.25) is 0 Å². The molecule has 0 aliphatic carbocycles. The van der Waals surface area contributed by atoms with Crippen LogP contribution in [0.4, 0.5) is 5.69 Å². The molecule has 2 aromatic heterocycles. The summed E-state index contributed by atoms with van der Waals surface area (Å²) in [5, 5.41) is 5.83. The molecule has 0 saturated heterocycles. The molecule has 5 heteroatoms. The first-order valence-corrected chi connectivity index (χ1v) is 6.03. The average molecular weight is 256 g/mol. The van der Waals surface area contributed by atoms with E-state index in [0.717, 1.165) is 17.1 Å². The second-order valence-corrected chi connectivity index (χ2v) is 4.13. The van der Waals surface area contributed by atoms with E-state index in [1.807, 2.05) is 31.2 Å². The van der Waals surface area contributed by atoms with E-state index in [9.17, 15) is 4.79 Å². The standard InChI is InChI=1S/C14H16N4O/c1-10-7-13(15-2)12(9-17-10)14(19)18-8-11-5-3-4-6-16-11/h3-7,9H,8H2,1-2H3,(H,15,17)(H,18,19). The van der Waals surface area contributed by atoms with Crippen LogP contribution in [0.5, 0.6) is 0 Å². The van der Waals surface area contributed by atoms with Gasteiger partial charge in [0, 0.05) is 25.1 Å². The van der Waals surface area contributed by atoms with E-state index in [1.54, 1.807) is 19.4 Å². The second-order valence-electron chi connectivity index (χ2n) is 4.13. The van der Waals surface area contributed by atoms with Gasteiger partial charge < -0.3 is 10.6 Å². The van der Waals surface area contributed by atoms with Crippen LogP contribution in [0.15, 0.2) is 36.7 Å². The van der Waals surface area contributed by atoms with Crippen molar-refractivity contribution in [3.05, 3.63) is 53.6 Å². The highest BCUT2D eigenvalue weighted by atomic mass is 16.1. The van der Waals surface area contributed by atoms with Crippen molar-refractivity contribution >= 4 is 11.6 Å². The van der Waals surface area contributed by atoms with Gasteiger partial charge in [-0.1, -0.05) is 6.07 Å². The van der Waals surface area contributed by atoms with Crippen LogP contribution >= 0.6 is 0 Å². The number of pyridine rings is 2. The molecule has 0 saturated carbocycles. The third-order valence-electron chi connectivity index (χ3n) is 2.71. The maximum absolute atomic E-state index is 12.1. The van der Waals surface area contributed by atoms with Crippen molar-refractivity contribution < 1.29 is 4.79 Å². The van der Waals surface area contributed by atoms with Crippen LogP contribution < -0.4 is 10.6 Å². The summed E-state index contributed by atoms with van der Waals surface area (Å²) < 4.78 is 0. The second kappa shape index (κ2) is 5.95. The molecule has 0 fully saturated rings. The maximum atomic E-state index is 12.1. The van der Waals surface area contributed by atoms with Crippen LogP contribution in [0, 0.1) is 6.92 Å². The van der Waals surface area contributed by atoms with Gasteiger partial charge in [0.05, 0.1) is 23.5 Å². The summed E-state index contributed by atoms with van der Waals surface area (Å²) in [6.07, 6.45) is 3.28. The van der Waals surface area contributed by atoms with Gasteiger partial charge in [0.15, 0.2) is 0 Å². The Balaban J connectivity index is 2.08. The number of aromatic nitrogens is 2. The van der Waals surface area contributed by atoms with Crippen molar-refractivity contribution in [1.82, 2.24) is 15.3 Å². The van der Waals surface area contributed by atoms with Gasteiger partial charge in [-0.3, -0.25) is 14.8 Å². The predicted molar refractivity (Wildman–Crippen MR) is 73.9 cm³/mol. The lowest BCUT2D eigenvalue weighted by Crippen LogP contribution is -2.24. The number of nitrogens with zero attached hydrogens (tertiary/aromatic N) is 2. The minimum atomic E-state index is -0.164. The van der Waals surface area contributed by atoms with E-state index < -0.39 is 0 Å². The molecule has 2 aromatic rings. The maximum Gasteiger partial charge on any atom is 0.255 e. The van der Waals surface area contributed by atoms with Gasteiger partial charge in [-0.2, -0.15) is 0 Å². The number of carbonyl (C=O) groups excluding carboxylic acids is 1. The van der Waals surface area contributed by atoms with Gasteiger partial charge in [0.25, 0.3) is 5.91 Å². The van der Waals surface area contributed by atoms with Crippen molar-refractivity contribution in [2.24, 2.45) is 0 Å². The van der Waals surface area contributed by atoms with Crippen LogP contribution in [0.25, 0.3) is 0 Å². The van der Waals surface area contributed by atoms with Gasteiger partial charge >= 0.3 is 0 Å². The van der Waals surface area contributed by atoms with E-state index in [1.165, 1.54) is 0 Å². The summed E-state index contributed by atoms with van der Waals surface area (Å²) in [7, 11) is 1.78. The number of hydrogen-bond acceptors (Lipinski definition) is 4. The number of rotatable bonds is 4. The molecule has 0 radical (unpaired) electrons. The molecule has 0 aliphatic rings. The Hall–Kier alpha value is -2.43. The Morgan fingerprint density at radius 1 is 1.32 bits per heavy atom. The van der Waals surface area contributed by atoms with Crippen molar-refractivity contribution in [2.45, 2.75) is 13.5 Å². The van der Waals surface area contributed by atoms with Crippen molar-refractivity contribution in [1.29, 1.82) is 0 Å². The zero-order chi connectivity index (χ0) is 13.7. The largest absolute Gasteiger partial charge is 0.387 e. The molecule has 0 atom stereocenters. The monoisotopic (exact) mass is 256 g/mol. The zero-order valence-corrected chi connectivity index (χ0v) is 11.0. The van der Waals surface area contributed by atoms with E-state index in [-0.39, 0.29) is 5.91 Å². The number of anilines is 1. The Bertz CT molecular complexity index is 569. The third-order valence-corrected chi connectivity index (χ3v) is 2.71. The molecule has 0 unspecified atom stereocenters. The summed E-state index contributed by atoms with van der Waals surface area (Å²) in [5.74, 6) is -0.164. The fraction of sp³-hybridized carbons (Fsp3) is 0.214. The molecule has 2 rings (SSSR count). The van der Waals surface area contributed by atoms with Crippen LogP contribution in [0.1, 0.15) is 21.7 Å². The van der Waals surface area contributed by atoms with Crippen molar-refractivity contribution in [3.63, 3.8) is 0 Å². The molecule has 2 N–H and O–H groups in total. The van der Waals surface area contributed by atoms with E-state index in [0.29, 0.717) is 12.1 Å². The highest BCUT2D eigenvalue weighted by molar-refractivity contribution is 5.99. The Morgan fingerprint density at radius 2 is 2.16 bits per heavy atom. The Morgan fingerprint density at radius 3 is 2.84 bits per heavy atom. The summed E-state index contributed by atoms with van der Waals surface area (Å²) in [6, 6.07) is 7.44. The van der Waals surface area contributed by atoms with E-state index in [4.69, 9.17) is 0 Å². The summed E-state index contributed by atoms with van der Waals surface area (Å²) in [4.78, 5) is 20.4. The minimum absolute atomic E-state index is 0.164. The molecule has 0 aliphatic heterocycles. The summed E-state index contributed by atoms with van der Waals surface area (Å²) in [6.45, 7) is 2.28. The molecule has 0 aromatic carbocycles. The number of nitrogens with one attached hydrogen (secondary N) is 2. The Labute approximate surface area is 112 Å². The molecular weight excluding hydrogens is 240 g/mol. The van der Waals surface area contributed by atoms with E-state index >= 15 is 0 Å². The SMILES string of the molecule is CNc1cc(C)ncc1C(=O)NCc1ccccn1.